The van der Waals surface area contributed by atoms with E-state index in [0.29, 0.717) is 4.91 Å². The number of aryl methyl sites for hydroxylation is 1. The van der Waals surface area contributed by atoms with E-state index in [1.807, 2.05) is 48.7 Å². The van der Waals surface area contributed by atoms with Crippen molar-refractivity contribution in [2.75, 3.05) is 0 Å². The van der Waals surface area contributed by atoms with Crippen molar-refractivity contribution in [1.29, 1.82) is 0 Å². The van der Waals surface area contributed by atoms with Crippen LogP contribution in [0, 0.1) is 0 Å². The van der Waals surface area contributed by atoms with E-state index >= 15 is 0 Å². The maximum Gasteiger partial charge on any atom is 0.290 e. The molecule has 27 heavy (non-hydrogen) atoms. The zero-order chi connectivity index (χ0) is 18.8. The summed E-state index contributed by atoms with van der Waals surface area (Å²) < 4.78 is 1.79. The first kappa shape index (κ1) is 17.3. The van der Waals surface area contributed by atoms with Crippen LogP contribution in [0.3, 0.4) is 0 Å². The second kappa shape index (κ2) is 7.25. The van der Waals surface area contributed by atoms with Gasteiger partial charge in [-0.2, -0.15) is 5.10 Å². The number of benzene rings is 2. The number of carbonyl (C=O) groups is 2. The molecule has 0 bridgehead atoms. The number of imide groups is 1. The van der Waals surface area contributed by atoms with Gasteiger partial charge < -0.3 is 0 Å². The van der Waals surface area contributed by atoms with Gasteiger partial charge in [-0.1, -0.05) is 49.4 Å². The van der Waals surface area contributed by atoms with Crippen molar-refractivity contribution in [2.45, 2.75) is 13.3 Å². The highest BCUT2D eigenvalue weighted by atomic mass is 32.2. The Morgan fingerprint density at radius 3 is 2.44 bits per heavy atom. The molecule has 1 N–H and O–H groups in total. The molecule has 0 aliphatic carbocycles. The van der Waals surface area contributed by atoms with Gasteiger partial charge in [-0.15, -0.1) is 0 Å². The number of para-hydroxylation sites is 1. The number of rotatable bonds is 4. The van der Waals surface area contributed by atoms with Gasteiger partial charge in [0.15, 0.2) is 0 Å². The van der Waals surface area contributed by atoms with E-state index in [9.17, 15) is 9.59 Å². The number of nitrogens with one attached hydrogen (secondary N) is 1. The van der Waals surface area contributed by atoms with E-state index in [4.69, 9.17) is 5.10 Å². The second-order valence-corrected chi connectivity index (χ2v) is 7.13. The number of amides is 2. The molecule has 1 fully saturated rings. The van der Waals surface area contributed by atoms with E-state index < -0.39 is 0 Å². The summed E-state index contributed by atoms with van der Waals surface area (Å²) in [6, 6.07) is 18.0. The van der Waals surface area contributed by atoms with Crippen molar-refractivity contribution in [3.05, 3.63) is 76.8 Å². The lowest BCUT2D eigenvalue weighted by atomic mass is 10.0. The van der Waals surface area contributed by atoms with Crippen LogP contribution in [0.2, 0.25) is 0 Å². The lowest BCUT2D eigenvalue weighted by molar-refractivity contribution is -0.115. The molecule has 4 rings (SSSR count). The molecule has 1 aromatic heterocycles. The quantitative estimate of drug-likeness (QED) is 0.686. The van der Waals surface area contributed by atoms with Gasteiger partial charge in [0, 0.05) is 17.3 Å². The predicted octanol–water partition coefficient (Wildman–Crippen LogP) is 4.43. The van der Waals surface area contributed by atoms with Crippen molar-refractivity contribution in [2.24, 2.45) is 0 Å². The molecular formula is C21H17N3O2S. The minimum atomic E-state index is -0.371. The summed E-state index contributed by atoms with van der Waals surface area (Å²) in [6.45, 7) is 2.11. The molecule has 2 aromatic carbocycles. The third-order valence-corrected chi connectivity index (χ3v) is 5.14. The largest absolute Gasteiger partial charge is 0.290 e. The van der Waals surface area contributed by atoms with E-state index in [2.05, 4.69) is 24.4 Å². The van der Waals surface area contributed by atoms with Crippen LogP contribution in [0.5, 0.6) is 0 Å². The first-order chi connectivity index (χ1) is 13.1. The number of nitrogens with zero attached hydrogens (tertiary/aromatic N) is 2. The second-order valence-electron chi connectivity index (χ2n) is 6.12. The van der Waals surface area contributed by atoms with Gasteiger partial charge in [0.1, 0.15) is 0 Å². The Morgan fingerprint density at radius 1 is 1.07 bits per heavy atom. The third kappa shape index (κ3) is 3.57. The number of hydrogen-bond donors (Lipinski definition) is 1. The summed E-state index contributed by atoms with van der Waals surface area (Å²) in [6.07, 6.45) is 4.57. The molecule has 2 heterocycles. The van der Waals surface area contributed by atoms with Gasteiger partial charge in [0.25, 0.3) is 11.1 Å². The van der Waals surface area contributed by atoms with Crippen LogP contribution in [0.4, 0.5) is 4.79 Å². The van der Waals surface area contributed by atoms with E-state index in [-0.39, 0.29) is 11.1 Å². The summed E-state index contributed by atoms with van der Waals surface area (Å²) in [4.78, 5) is 23.8. The van der Waals surface area contributed by atoms with Crippen molar-refractivity contribution in [3.63, 3.8) is 0 Å². The van der Waals surface area contributed by atoms with Crippen molar-refractivity contribution in [3.8, 4) is 16.9 Å². The molecule has 2 amide bonds. The van der Waals surface area contributed by atoms with E-state index in [1.165, 1.54) is 5.56 Å². The highest BCUT2D eigenvalue weighted by molar-refractivity contribution is 8.18. The Bertz CT molecular complexity index is 1040. The van der Waals surface area contributed by atoms with Crippen LogP contribution in [-0.4, -0.2) is 20.9 Å². The zero-order valence-electron chi connectivity index (χ0n) is 14.7. The Morgan fingerprint density at radius 2 is 1.81 bits per heavy atom. The predicted molar refractivity (Wildman–Crippen MR) is 107 cm³/mol. The zero-order valence-corrected chi connectivity index (χ0v) is 15.5. The van der Waals surface area contributed by atoms with Gasteiger partial charge in [-0.25, -0.2) is 4.68 Å². The monoisotopic (exact) mass is 375 g/mol. The number of carbonyl (C=O) groups excluding carboxylic acids is 2. The standard InChI is InChI=1S/C21H17N3O2S/c1-2-14-8-10-15(11-9-14)19-16(12-18-20(25)22-21(26)27-18)13-24(23-19)17-6-4-3-5-7-17/h3-13H,2H2,1H3,(H,22,25,26)/b18-12-. The minimum Gasteiger partial charge on any atom is -0.282 e. The average molecular weight is 375 g/mol. The number of aromatic nitrogens is 2. The fraction of sp³-hybridized carbons (Fsp3) is 0.0952. The normalized spacial score (nSPS) is 15.4. The van der Waals surface area contributed by atoms with Crippen LogP contribution in [0.25, 0.3) is 23.0 Å². The van der Waals surface area contributed by atoms with E-state index in [0.717, 1.165) is 40.7 Å². The smallest absolute Gasteiger partial charge is 0.282 e. The van der Waals surface area contributed by atoms with Gasteiger partial charge in [0.05, 0.1) is 16.3 Å². The van der Waals surface area contributed by atoms with Crippen LogP contribution >= 0.6 is 11.8 Å². The summed E-state index contributed by atoms with van der Waals surface area (Å²) in [7, 11) is 0. The maximum atomic E-state index is 11.9. The Labute approximate surface area is 161 Å². The molecule has 134 valence electrons. The fourth-order valence-corrected chi connectivity index (χ4v) is 3.56. The van der Waals surface area contributed by atoms with Crippen LogP contribution in [0.15, 0.2) is 65.7 Å². The molecule has 1 aliphatic heterocycles. The topological polar surface area (TPSA) is 64.0 Å². The van der Waals surface area contributed by atoms with Gasteiger partial charge >= 0.3 is 0 Å². The lowest BCUT2D eigenvalue weighted by Gasteiger charge is -2.02. The maximum absolute atomic E-state index is 11.9. The van der Waals surface area contributed by atoms with Crippen molar-refractivity contribution >= 4 is 29.0 Å². The fourth-order valence-electron chi connectivity index (χ4n) is 2.89. The Kier molecular flexibility index (Phi) is 4.64. The molecule has 0 atom stereocenters. The van der Waals surface area contributed by atoms with Gasteiger partial charge in [-0.05, 0) is 42.0 Å². The number of hydrogen-bond acceptors (Lipinski definition) is 4. The summed E-state index contributed by atoms with van der Waals surface area (Å²) >= 11 is 0.908. The molecule has 3 aromatic rings. The molecule has 6 heteroatoms. The number of thioether (sulfide) groups is 1. The Balaban J connectivity index is 1.82. The van der Waals surface area contributed by atoms with Gasteiger partial charge in [-0.3, -0.25) is 14.9 Å². The van der Waals surface area contributed by atoms with Crippen LogP contribution < -0.4 is 5.32 Å². The van der Waals surface area contributed by atoms with E-state index in [1.54, 1.807) is 10.8 Å². The first-order valence-electron chi connectivity index (χ1n) is 8.63. The lowest BCUT2D eigenvalue weighted by Crippen LogP contribution is -2.17. The Hall–Kier alpha value is -3.12. The molecule has 1 saturated heterocycles. The molecule has 0 unspecified atom stereocenters. The molecule has 0 radical (unpaired) electrons. The molecular weight excluding hydrogens is 358 g/mol. The molecule has 5 nitrogen and oxygen atoms in total. The third-order valence-electron chi connectivity index (χ3n) is 4.33. The first-order valence-corrected chi connectivity index (χ1v) is 9.45. The minimum absolute atomic E-state index is 0.351. The van der Waals surface area contributed by atoms with Crippen LogP contribution in [0.1, 0.15) is 18.1 Å². The van der Waals surface area contributed by atoms with Crippen molar-refractivity contribution in [1.82, 2.24) is 15.1 Å². The molecule has 0 spiro atoms. The summed E-state index contributed by atoms with van der Waals surface area (Å²) in [5.74, 6) is -0.371. The average Bonchev–Trinajstić information content (AvgIpc) is 3.25. The summed E-state index contributed by atoms with van der Waals surface area (Å²) in [5.41, 5.74) is 4.69. The highest BCUT2D eigenvalue weighted by Gasteiger charge is 2.26. The van der Waals surface area contributed by atoms with Crippen LogP contribution in [-0.2, 0) is 11.2 Å². The van der Waals surface area contributed by atoms with Crippen molar-refractivity contribution < 1.29 is 9.59 Å². The molecule has 0 saturated carbocycles. The molecule has 1 aliphatic rings. The summed E-state index contributed by atoms with van der Waals surface area (Å²) in [5, 5.41) is 6.68. The van der Waals surface area contributed by atoms with Gasteiger partial charge in [0.2, 0.25) is 0 Å². The highest BCUT2D eigenvalue weighted by Crippen LogP contribution is 2.30. The SMILES string of the molecule is CCc1ccc(-c2nn(-c3ccccc3)cc2/C=C2\SC(=O)NC2=O)cc1.